The van der Waals surface area contributed by atoms with Gasteiger partial charge in [-0.3, -0.25) is 0 Å². The molecule has 1 aromatic rings. The molecule has 0 aliphatic carbocycles. The first-order valence-electron chi connectivity index (χ1n) is 4.23. The smallest absolute Gasteiger partial charge is 0.246 e. The Morgan fingerprint density at radius 1 is 1.53 bits per heavy atom. The average molecular weight is 235 g/mol. The van der Waals surface area contributed by atoms with Crippen LogP contribution in [-0.4, -0.2) is 26.7 Å². The summed E-state index contributed by atoms with van der Waals surface area (Å²) in [5.41, 5.74) is 0.327. The van der Waals surface area contributed by atoms with E-state index < -0.39 is 10.0 Å². The van der Waals surface area contributed by atoms with E-state index in [0.29, 0.717) is 5.69 Å². The van der Waals surface area contributed by atoms with Crippen molar-refractivity contribution in [3.8, 4) is 0 Å². The summed E-state index contributed by atoms with van der Waals surface area (Å²) in [5.74, 6) is 5.03. The van der Waals surface area contributed by atoms with Crippen LogP contribution in [0.15, 0.2) is 9.42 Å². The van der Waals surface area contributed by atoms with Gasteiger partial charge in [0.15, 0.2) is 5.76 Å². The molecular formula is C7H13N3O4S. The third-order valence-corrected chi connectivity index (χ3v) is 3.45. The molecule has 7 nitrogen and oxygen atoms in total. The topological polar surface area (TPSA) is 107 Å². The predicted octanol–water partition coefficient (Wildman–Crippen LogP) is -0.540. The number of nitrogens with zero attached hydrogens (tertiary/aromatic N) is 1. The molecule has 0 aromatic carbocycles. The third kappa shape index (κ3) is 2.75. The zero-order valence-corrected chi connectivity index (χ0v) is 9.30. The molecule has 0 saturated carbocycles. The summed E-state index contributed by atoms with van der Waals surface area (Å²) < 4.78 is 30.5. The number of nitrogens with one attached hydrogen (secondary N) is 1. The maximum atomic E-state index is 11.7. The van der Waals surface area contributed by atoms with Crippen molar-refractivity contribution in [2.75, 3.05) is 13.2 Å². The Bertz CT molecular complexity index is 406. The van der Waals surface area contributed by atoms with Gasteiger partial charge in [0.05, 0.1) is 6.61 Å². The number of hydrogen-bond donors (Lipinski definition) is 2. The average Bonchev–Trinajstić information content (AvgIpc) is 2.46. The third-order valence-electron chi connectivity index (χ3n) is 1.75. The fourth-order valence-corrected chi connectivity index (χ4v) is 2.50. The van der Waals surface area contributed by atoms with Gasteiger partial charge in [0.2, 0.25) is 10.0 Å². The van der Waals surface area contributed by atoms with Crippen molar-refractivity contribution in [2.45, 2.75) is 18.7 Å². The first-order valence-corrected chi connectivity index (χ1v) is 5.71. The number of sulfonamides is 1. The summed E-state index contributed by atoms with van der Waals surface area (Å²) in [6.45, 7) is 3.30. The van der Waals surface area contributed by atoms with Crippen LogP contribution in [0.5, 0.6) is 0 Å². The highest BCUT2D eigenvalue weighted by molar-refractivity contribution is 7.89. The second-order valence-electron chi connectivity index (χ2n) is 2.92. The molecule has 15 heavy (non-hydrogen) atoms. The Morgan fingerprint density at radius 2 is 2.20 bits per heavy atom. The van der Waals surface area contributed by atoms with Crippen LogP contribution in [0.2, 0.25) is 0 Å². The summed E-state index contributed by atoms with van der Waals surface area (Å²) in [5, 5.41) is 3.56. The van der Waals surface area contributed by atoms with Crippen LogP contribution in [0.3, 0.4) is 0 Å². The molecule has 8 heteroatoms. The van der Waals surface area contributed by atoms with E-state index in [0.717, 1.165) is 0 Å². The van der Waals surface area contributed by atoms with Gasteiger partial charge in [0.1, 0.15) is 10.6 Å². The lowest BCUT2D eigenvalue weighted by molar-refractivity contribution is 0.143. The van der Waals surface area contributed by atoms with Crippen molar-refractivity contribution in [2.24, 2.45) is 5.90 Å². The van der Waals surface area contributed by atoms with Crippen molar-refractivity contribution in [3.05, 3.63) is 11.5 Å². The fraction of sp³-hybridized carbons (Fsp3) is 0.571. The predicted molar refractivity (Wildman–Crippen MR) is 51.3 cm³/mol. The first kappa shape index (κ1) is 12.1. The number of nitrogens with two attached hydrogens (primary N) is 1. The van der Waals surface area contributed by atoms with Gasteiger partial charge in [0, 0.05) is 6.54 Å². The summed E-state index contributed by atoms with van der Waals surface area (Å²) in [6, 6.07) is 0. The molecule has 0 saturated heterocycles. The molecule has 0 atom stereocenters. The van der Waals surface area contributed by atoms with Crippen LogP contribution in [0.1, 0.15) is 11.5 Å². The summed E-state index contributed by atoms with van der Waals surface area (Å²) >= 11 is 0. The van der Waals surface area contributed by atoms with Gasteiger partial charge in [-0.05, 0) is 13.8 Å². The molecule has 0 bridgehead atoms. The minimum atomic E-state index is -3.59. The van der Waals surface area contributed by atoms with Crippen LogP contribution >= 0.6 is 0 Å². The Labute approximate surface area is 87.6 Å². The van der Waals surface area contributed by atoms with Gasteiger partial charge in [-0.2, -0.15) is 0 Å². The van der Waals surface area contributed by atoms with E-state index in [2.05, 4.69) is 14.7 Å². The number of hydrogen-bond acceptors (Lipinski definition) is 6. The molecular weight excluding hydrogens is 222 g/mol. The highest BCUT2D eigenvalue weighted by Crippen LogP contribution is 2.17. The number of aryl methyl sites for hydroxylation is 2. The van der Waals surface area contributed by atoms with Crippen molar-refractivity contribution in [1.82, 2.24) is 9.88 Å². The Morgan fingerprint density at radius 3 is 2.67 bits per heavy atom. The number of rotatable bonds is 5. The SMILES string of the molecule is Cc1noc(C)c1S(=O)(=O)NCCON. The van der Waals surface area contributed by atoms with Crippen molar-refractivity contribution in [3.63, 3.8) is 0 Å². The van der Waals surface area contributed by atoms with Gasteiger partial charge in [-0.15, -0.1) is 0 Å². The minimum absolute atomic E-state index is 0.0690. The van der Waals surface area contributed by atoms with Gasteiger partial charge in [-0.25, -0.2) is 19.0 Å². The minimum Gasteiger partial charge on any atom is -0.360 e. The molecule has 1 aromatic heterocycles. The molecule has 0 radical (unpaired) electrons. The van der Waals surface area contributed by atoms with Crippen molar-refractivity contribution < 1.29 is 17.8 Å². The summed E-state index contributed by atoms with van der Waals surface area (Å²) in [4.78, 5) is 4.32. The molecule has 0 fully saturated rings. The van der Waals surface area contributed by atoms with Crippen molar-refractivity contribution >= 4 is 10.0 Å². The van der Waals surface area contributed by atoms with Crippen LogP contribution in [-0.2, 0) is 14.9 Å². The van der Waals surface area contributed by atoms with Gasteiger partial charge in [0.25, 0.3) is 0 Å². The second-order valence-corrected chi connectivity index (χ2v) is 4.63. The van der Waals surface area contributed by atoms with Crippen LogP contribution in [0, 0.1) is 13.8 Å². The van der Waals surface area contributed by atoms with Crippen LogP contribution < -0.4 is 10.6 Å². The Kier molecular flexibility index (Phi) is 3.80. The molecule has 1 rings (SSSR count). The molecule has 0 spiro atoms. The Balaban J connectivity index is 2.87. The molecule has 1 heterocycles. The molecule has 86 valence electrons. The standard InChI is InChI=1S/C7H13N3O4S/c1-5-7(6(2)14-10-5)15(11,12)9-3-4-13-8/h9H,3-4,8H2,1-2H3. The molecule has 0 unspecified atom stereocenters. The summed E-state index contributed by atoms with van der Waals surface area (Å²) in [6.07, 6.45) is 0. The summed E-state index contributed by atoms with van der Waals surface area (Å²) in [7, 11) is -3.59. The lowest BCUT2D eigenvalue weighted by Crippen LogP contribution is -2.28. The van der Waals surface area contributed by atoms with E-state index in [4.69, 9.17) is 10.4 Å². The monoisotopic (exact) mass is 235 g/mol. The maximum absolute atomic E-state index is 11.7. The van der Waals surface area contributed by atoms with E-state index >= 15 is 0 Å². The lowest BCUT2D eigenvalue weighted by atomic mass is 10.4. The largest absolute Gasteiger partial charge is 0.360 e. The zero-order valence-electron chi connectivity index (χ0n) is 8.48. The lowest BCUT2D eigenvalue weighted by Gasteiger charge is -2.04. The Hall–Kier alpha value is -0.960. The van der Waals surface area contributed by atoms with Gasteiger partial charge >= 0.3 is 0 Å². The van der Waals surface area contributed by atoms with Crippen LogP contribution in [0.4, 0.5) is 0 Å². The first-order chi connectivity index (χ1) is 6.99. The van der Waals surface area contributed by atoms with Gasteiger partial charge in [-0.1, -0.05) is 5.16 Å². The second kappa shape index (κ2) is 4.71. The zero-order chi connectivity index (χ0) is 11.5. The molecule has 0 amide bonds. The van der Waals surface area contributed by atoms with Crippen molar-refractivity contribution in [1.29, 1.82) is 0 Å². The van der Waals surface area contributed by atoms with E-state index in [1.807, 2.05) is 0 Å². The number of aromatic nitrogens is 1. The normalized spacial score (nSPS) is 11.9. The fourth-order valence-electron chi connectivity index (χ4n) is 1.17. The molecule has 0 aliphatic rings. The quantitative estimate of drug-likeness (QED) is 0.524. The highest BCUT2D eigenvalue weighted by Gasteiger charge is 2.23. The van der Waals surface area contributed by atoms with Crippen LogP contribution in [0.25, 0.3) is 0 Å². The van der Waals surface area contributed by atoms with E-state index in [-0.39, 0.29) is 23.8 Å². The highest BCUT2D eigenvalue weighted by atomic mass is 32.2. The maximum Gasteiger partial charge on any atom is 0.246 e. The van der Waals surface area contributed by atoms with E-state index in [1.165, 1.54) is 6.92 Å². The molecule has 3 N–H and O–H groups in total. The van der Waals surface area contributed by atoms with E-state index in [1.54, 1.807) is 6.92 Å². The van der Waals surface area contributed by atoms with E-state index in [9.17, 15) is 8.42 Å². The molecule has 0 aliphatic heterocycles. The van der Waals surface area contributed by atoms with Gasteiger partial charge < -0.3 is 9.36 Å².